The molecular formula is C13H18N2O4. The predicted molar refractivity (Wildman–Crippen MR) is 72.5 cm³/mol. The highest BCUT2D eigenvalue weighted by atomic mass is 16.6. The van der Waals surface area contributed by atoms with E-state index in [4.69, 9.17) is 5.11 Å². The Morgan fingerprint density at radius 3 is 2.74 bits per heavy atom. The van der Waals surface area contributed by atoms with E-state index in [-0.39, 0.29) is 12.1 Å². The summed E-state index contributed by atoms with van der Waals surface area (Å²) in [6.45, 7) is 3.35. The van der Waals surface area contributed by atoms with Crippen LogP contribution in [-0.2, 0) is 4.79 Å². The number of non-ortho nitro benzene ring substituents is 1. The van der Waals surface area contributed by atoms with Crippen LogP contribution < -0.4 is 4.90 Å². The fourth-order valence-corrected chi connectivity index (χ4v) is 1.86. The molecule has 0 unspecified atom stereocenters. The van der Waals surface area contributed by atoms with Crippen molar-refractivity contribution in [1.82, 2.24) is 0 Å². The number of nitro benzene ring substituents is 1. The molecule has 1 aromatic carbocycles. The maximum atomic E-state index is 10.7. The topological polar surface area (TPSA) is 83.7 Å². The second-order valence-corrected chi connectivity index (χ2v) is 4.26. The van der Waals surface area contributed by atoms with Crippen LogP contribution in [0.2, 0.25) is 0 Å². The first kappa shape index (κ1) is 14.9. The molecule has 0 saturated heterocycles. The van der Waals surface area contributed by atoms with Gasteiger partial charge in [0.05, 0.1) is 4.92 Å². The summed E-state index contributed by atoms with van der Waals surface area (Å²) in [5.74, 6) is -0.824. The van der Waals surface area contributed by atoms with Gasteiger partial charge in [0, 0.05) is 37.3 Å². The van der Waals surface area contributed by atoms with Crippen molar-refractivity contribution in [2.75, 3.05) is 18.0 Å². The summed E-state index contributed by atoms with van der Waals surface area (Å²) in [7, 11) is 0. The third-order valence-electron chi connectivity index (χ3n) is 2.72. The highest BCUT2D eigenvalue weighted by molar-refractivity contribution is 5.66. The molecule has 19 heavy (non-hydrogen) atoms. The fourth-order valence-electron chi connectivity index (χ4n) is 1.86. The Kier molecular flexibility index (Phi) is 5.78. The Morgan fingerprint density at radius 1 is 1.42 bits per heavy atom. The van der Waals surface area contributed by atoms with Gasteiger partial charge in [0.2, 0.25) is 0 Å². The van der Waals surface area contributed by atoms with Crippen molar-refractivity contribution in [3.05, 3.63) is 34.4 Å². The van der Waals surface area contributed by atoms with Crippen molar-refractivity contribution < 1.29 is 14.8 Å². The maximum absolute atomic E-state index is 10.7. The van der Waals surface area contributed by atoms with Crippen LogP contribution in [-0.4, -0.2) is 29.1 Å². The number of aliphatic carboxylic acids is 1. The zero-order valence-electron chi connectivity index (χ0n) is 10.9. The van der Waals surface area contributed by atoms with E-state index in [2.05, 4.69) is 0 Å². The minimum atomic E-state index is -0.824. The standard InChI is InChI=1S/C13H18N2O4/c1-2-8-14(9-4-7-13(16)17)11-5-3-6-12(10-11)15(18)19/h3,5-6,10H,2,4,7-9H2,1H3,(H,16,17). The monoisotopic (exact) mass is 266 g/mol. The first-order valence-corrected chi connectivity index (χ1v) is 6.25. The number of rotatable bonds is 8. The van der Waals surface area contributed by atoms with E-state index in [0.717, 1.165) is 18.7 Å². The van der Waals surface area contributed by atoms with E-state index in [0.29, 0.717) is 13.0 Å². The molecule has 0 aliphatic heterocycles. The van der Waals surface area contributed by atoms with Crippen molar-refractivity contribution in [2.45, 2.75) is 26.2 Å². The van der Waals surface area contributed by atoms with E-state index >= 15 is 0 Å². The number of anilines is 1. The van der Waals surface area contributed by atoms with Crippen LogP contribution >= 0.6 is 0 Å². The first-order chi connectivity index (χ1) is 9.04. The van der Waals surface area contributed by atoms with Crippen molar-refractivity contribution in [2.24, 2.45) is 0 Å². The Labute approximate surface area is 111 Å². The average molecular weight is 266 g/mol. The molecule has 6 heteroatoms. The second kappa shape index (κ2) is 7.35. The molecule has 0 saturated carbocycles. The van der Waals surface area contributed by atoms with Crippen LogP contribution in [0.5, 0.6) is 0 Å². The van der Waals surface area contributed by atoms with Gasteiger partial charge in [-0.2, -0.15) is 0 Å². The molecule has 0 radical (unpaired) electrons. The molecule has 0 aliphatic carbocycles. The molecule has 1 aromatic rings. The normalized spacial score (nSPS) is 10.2. The lowest BCUT2D eigenvalue weighted by molar-refractivity contribution is -0.384. The third-order valence-corrected chi connectivity index (χ3v) is 2.72. The zero-order valence-corrected chi connectivity index (χ0v) is 10.9. The Morgan fingerprint density at radius 2 is 2.16 bits per heavy atom. The number of carboxylic acid groups (broad SMARTS) is 1. The molecule has 6 nitrogen and oxygen atoms in total. The van der Waals surface area contributed by atoms with Gasteiger partial charge in [0.15, 0.2) is 0 Å². The summed E-state index contributed by atoms with van der Waals surface area (Å²) in [6.07, 6.45) is 1.53. The summed E-state index contributed by atoms with van der Waals surface area (Å²) in [5.41, 5.74) is 0.818. The van der Waals surface area contributed by atoms with Crippen LogP contribution in [0.3, 0.4) is 0 Å². The van der Waals surface area contributed by atoms with E-state index < -0.39 is 10.9 Å². The average Bonchev–Trinajstić information content (AvgIpc) is 2.37. The molecule has 104 valence electrons. The van der Waals surface area contributed by atoms with Gasteiger partial charge in [-0.1, -0.05) is 13.0 Å². The molecule has 1 rings (SSSR count). The van der Waals surface area contributed by atoms with Gasteiger partial charge >= 0.3 is 5.97 Å². The summed E-state index contributed by atoms with van der Waals surface area (Å²) >= 11 is 0. The summed E-state index contributed by atoms with van der Waals surface area (Å²) in [4.78, 5) is 22.8. The Hall–Kier alpha value is -2.11. The van der Waals surface area contributed by atoms with Crippen LogP contribution in [0.25, 0.3) is 0 Å². The summed E-state index contributed by atoms with van der Waals surface area (Å²) in [6, 6.07) is 6.43. The molecule has 1 N–H and O–H groups in total. The quantitative estimate of drug-likeness (QED) is 0.577. The lowest BCUT2D eigenvalue weighted by Gasteiger charge is -2.23. The number of carboxylic acids is 1. The molecule has 0 aliphatic rings. The van der Waals surface area contributed by atoms with Gasteiger partial charge in [-0.3, -0.25) is 14.9 Å². The number of nitro groups is 1. The highest BCUT2D eigenvalue weighted by Crippen LogP contribution is 2.21. The van der Waals surface area contributed by atoms with E-state index in [1.807, 2.05) is 17.9 Å². The molecule has 0 fully saturated rings. The van der Waals surface area contributed by atoms with Crippen molar-refractivity contribution in [1.29, 1.82) is 0 Å². The van der Waals surface area contributed by atoms with Crippen LogP contribution in [0.4, 0.5) is 11.4 Å². The predicted octanol–water partition coefficient (Wildman–Crippen LogP) is 2.68. The first-order valence-electron chi connectivity index (χ1n) is 6.25. The van der Waals surface area contributed by atoms with E-state index in [1.54, 1.807) is 6.07 Å². The van der Waals surface area contributed by atoms with Crippen molar-refractivity contribution >= 4 is 17.3 Å². The minimum absolute atomic E-state index is 0.0526. The van der Waals surface area contributed by atoms with Gasteiger partial charge in [-0.15, -0.1) is 0 Å². The van der Waals surface area contributed by atoms with E-state index in [9.17, 15) is 14.9 Å². The van der Waals surface area contributed by atoms with Gasteiger partial charge in [0.1, 0.15) is 0 Å². The van der Waals surface area contributed by atoms with Gasteiger partial charge in [0.25, 0.3) is 5.69 Å². The second-order valence-electron chi connectivity index (χ2n) is 4.26. The van der Waals surface area contributed by atoms with Crippen molar-refractivity contribution in [3.63, 3.8) is 0 Å². The van der Waals surface area contributed by atoms with Crippen LogP contribution in [0.1, 0.15) is 26.2 Å². The SMILES string of the molecule is CCCN(CCCC(=O)O)c1cccc([N+](=O)[O-])c1. The summed E-state index contributed by atoms with van der Waals surface area (Å²) < 4.78 is 0. The molecule has 0 bridgehead atoms. The van der Waals surface area contributed by atoms with Crippen LogP contribution in [0.15, 0.2) is 24.3 Å². The lowest BCUT2D eigenvalue weighted by Crippen LogP contribution is -2.25. The third kappa shape index (κ3) is 4.95. The molecule has 0 heterocycles. The number of hydrogen-bond donors (Lipinski definition) is 1. The molecule has 0 aromatic heterocycles. The minimum Gasteiger partial charge on any atom is -0.481 e. The Bertz CT molecular complexity index is 448. The molecule has 0 atom stereocenters. The molecule has 0 spiro atoms. The Balaban J connectivity index is 2.76. The van der Waals surface area contributed by atoms with Gasteiger partial charge in [-0.25, -0.2) is 0 Å². The number of nitrogens with zero attached hydrogens (tertiary/aromatic N) is 2. The smallest absolute Gasteiger partial charge is 0.303 e. The largest absolute Gasteiger partial charge is 0.481 e. The fraction of sp³-hybridized carbons (Fsp3) is 0.462. The van der Waals surface area contributed by atoms with Gasteiger partial charge in [-0.05, 0) is 18.9 Å². The highest BCUT2D eigenvalue weighted by Gasteiger charge is 2.11. The number of hydrogen-bond acceptors (Lipinski definition) is 4. The molecule has 0 amide bonds. The summed E-state index contributed by atoms with van der Waals surface area (Å²) in [5, 5.41) is 19.4. The van der Waals surface area contributed by atoms with Crippen molar-refractivity contribution in [3.8, 4) is 0 Å². The zero-order chi connectivity index (χ0) is 14.3. The van der Waals surface area contributed by atoms with Gasteiger partial charge < -0.3 is 10.0 Å². The van der Waals surface area contributed by atoms with Crippen LogP contribution in [0, 0.1) is 10.1 Å². The number of carbonyl (C=O) groups is 1. The maximum Gasteiger partial charge on any atom is 0.303 e. The van der Waals surface area contributed by atoms with E-state index in [1.165, 1.54) is 12.1 Å². The lowest BCUT2D eigenvalue weighted by atomic mass is 10.2. The molecular weight excluding hydrogens is 248 g/mol. The number of benzene rings is 1.